The Balaban J connectivity index is 1.93. The number of para-hydroxylation sites is 1. The van der Waals surface area contributed by atoms with Crippen molar-refractivity contribution in [1.82, 2.24) is 10.3 Å². The molecule has 1 N–H and O–H groups in total. The highest BCUT2D eigenvalue weighted by molar-refractivity contribution is 7.90. The molecule has 0 aliphatic rings. The highest BCUT2D eigenvalue weighted by atomic mass is 32.2. The second kappa shape index (κ2) is 7.11. The molecule has 0 amide bonds. The van der Waals surface area contributed by atoms with Gasteiger partial charge >= 0.3 is 0 Å². The second-order valence-electron chi connectivity index (χ2n) is 5.86. The molecule has 4 nitrogen and oxygen atoms in total. The summed E-state index contributed by atoms with van der Waals surface area (Å²) < 4.78 is 22.8. The van der Waals surface area contributed by atoms with Crippen LogP contribution < -0.4 is 5.32 Å². The third-order valence-electron chi connectivity index (χ3n) is 3.87. The molecule has 0 radical (unpaired) electrons. The first kappa shape index (κ1) is 16.6. The molecule has 3 aromatic rings. The van der Waals surface area contributed by atoms with Gasteiger partial charge in [-0.1, -0.05) is 54.6 Å². The summed E-state index contributed by atoms with van der Waals surface area (Å²) in [4.78, 5) is 4.76. The number of nitrogens with one attached hydrogen (secondary N) is 1. The van der Waals surface area contributed by atoms with E-state index >= 15 is 0 Å². The van der Waals surface area contributed by atoms with Crippen molar-refractivity contribution in [3.8, 4) is 0 Å². The third kappa shape index (κ3) is 4.19. The maximum absolute atomic E-state index is 11.4. The minimum absolute atomic E-state index is 0.101. The van der Waals surface area contributed by atoms with Crippen LogP contribution in [0.5, 0.6) is 0 Å². The van der Waals surface area contributed by atoms with Crippen LogP contribution in [0.4, 0.5) is 0 Å². The SMILES string of the molecule is CS(=O)(=O)CCNC(c1ccccc1)c1ccc2ccccc2n1. The number of benzene rings is 2. The Morgan fingerprint density at radius 3 is 2.42 bits per heavy atom. The largest absolute Gasteiger partial charge is 0.304 e. The Labute approximate surface area is 142 Å². The summed E-state index contributed by atoms with van der Waals surface area (Å²) in [6.45, 7) is 0.382. The molecule has 0 fully saturated rings. The zero-order chi connectivity index (χ0) is 17.0. The summed E-state index contributed by atoms with van der Waals surface area (Å²) in [5.41, 5.74) is 2.88. The molecule has 0 saturated heterocycles. The van der Waals surface area contributed by atoms with Gasteiger partial charge in [0.1, 0.15) is 9.84 Å². The van der Waals surface area contributed by atoms with Gasteiger partial charge in [0.05, 0.1) is 23.0 Å². The Morgan fingerprint density at radius 2 is 1.67 bits per heavy atom. The molecular formula is C19H20N2O2S. The molecule has 0 bridgehead atoms. The minimum Gasteiger partial charge on any atom is -0.304 e. The number of pyridine rings is 1. The summed E-state index contributed by atoms with van der Waals surface area (Å²) in [6, 6.07) is 21.8. The average molecular weight is 340 g/mol. The number of nitrogens with zero attached hydrogens (tertiary/aromatic N) is 1. The maximum atomic E-state index is 11.4. The molecule has 0 aliphatic carbocycles. The predicted octanol–water partition coefficient (Wildman–Crippen LogP) is 2.96. The Bertz CT molecular complexity index is 924. The number of hydrogen-bond acceptors (Lipinski definition) is 4. The van der Waals surface area contributed by atoms with E-state index in [1.807, 2.05) is 66.7 Å². The van der Waals surface area contributed by atoms with Crippen molar-refractivity contribution in [2.24, 2.45) is 0 Å². The molecule has 0 spiro atoms. The summed E-state index contributed by atoms with van der Waals surface area (Å²) >= 11 is 0. The monoisotopic (exact) mass is 340 g/mol. The summed E-state index contributed by atoms with van der Waals surface area (Å²) in [6.07, 6.45) is 1.25. The molecule has 5 heteroatoms. The zero-order valence-electron chi connectivity index (χ0n) is 13.5. The van der Waals surface area contributed by atoms with E-state index in [-0.39, 0.29) is 11.8 Å². The fourth-order valence-corrected chi connectivity index (χ4v) is 3.16. The van der Waals surface area contributed by atoms with Gasteiger partial charge in [0.15, 0.2) is 0 Å². The first-order chi connectivity index (χ1) is 11.5. The number of rotatable bonds is 6. The van der Waals surface area contributed by atoms with E-state index in [1.165, 1.54) is 6.26 Å². The first-order valence-corrected chi connectivity index (χ1v) is 9.91. The van der Waals surface area contributed by atoms with Crippen molar-refractivity contribution in [1.29, 1.82) is 0 Å². The Morgan fingerprint density at radius 1 is 0.958 bits per heavy atom. The van der Waals surface area contributed by atoms with Crippen LogP contribution in [-0.2, 0) is 9.84 Å². The van der Waals surface area contributed by atoms with Crippen molar-refractivity contribution in [2.45, 2.75) is 6.04 Å². The van der Waals surface area contributed by atoms with Gasteiger partial charge in [-0.15, -0.1) is 0 Å². The number of sulfone groups is 1. The van der Waals surface area contributed by atoms with Crippen LogP contribution in [-0.4, -0.2) is 32.0 Å². The summed E-state index contributed by atoms with van der Waals surface area (Å²) in [7, 11) is -3.00. The van der Waals surface area contributed by atoms with Crippen molar-refractivity contribution in [3.63, 3.8) is 0 Å². The van der Waals surface area contributed by atoms with Crippen LogP contribution in [0.2, 0.25) is 0 Å². The fourth-order valence-electron chi connectivity index (χ4n) is 2.67. The predicted molar refractivity (Wildman–Crippen MR) is 97.7 cm³/mol. The number of aromatic nitrogens is 1. The van der Waals surface area contributed by atoms with Gasteiger partial charge in [-0.25, -0.2) is 8.42 Å². The number of hydrogen-bond donors (Lipinski definition) is 1. The fraction of sp³-hybridized carbons (Fsp3) is 0.211. The molecule has 1 atom stereocenters. The first-order valence-electron chi connectivity index (χ1n) is 7.85. The van der Waals surface area contributed by atoms with Crippen LogP contribution in [0, 0.1) is 0 Å². The van der Waals surface area contributed by atoms with E-state index in [2.05, 4.69) is 5.32 Å². The van der Waals surface area contributed by atoms with Crippen molar-refractivity contribution < 1.29 is 8.42 Å². The van der Waals surface area contributed by atoms with Gasteiger partial charge in [0, 0.05) is 18.2 Å². The van der Waals surface area contributed by atoms with Crippen molar-refractivity contribution >= 4 is 20.7 Å². The lowest BCUT2D eigenvalue weighted by atomic mass is 10.0. The normalized spacial score (nSPS) is 13.0. The van der Waals surface area contributed by atoms with Gasteiger partial charge < -0.3 is 5.32 Å². The van der Waals surface area contributed by atoms with E-state index in [0.717, 1.165) is 22.2 Å². The lowest BCUT2D eigenvalue weighted by molar-refractivity contribution is 0.583. The topological polar surface area (TPSA) is 59.1 Å². The smallest absolute Gasteiger partial charge is 0.148 e. The minimum atomic E-state index is -3.00. The summed E-state index contributed by atoms with van der Waals surface area (Å²) in [5.74, 6) is 0.101. The Hall–Kier alpha value is -2.24. The molecule has 3 rings (SSSR count). The quantitative estimate of drug-likeness (QED) is 0.749. The highest BCUT2D eigenvalue weighted by Crippen LogP contribution is 2.22. The molecule has 0 aliphatic heterocycles. The van der Waals surface area contributed by atoms with Gasteiger partial charge in [0.25, 0.3) is 0 Å². The number of fused-ring (bicyclic) bond motifs is 1. The van der Waals surface area contributed by atoms with Gasteiger partial charge in [0.2, 0.25) is 0 Å². The van der Waals surface area contributed by atoms with E-state index in [4.69, 9.17) is 4.98 Å². The van der Waals surface area contributed by atoms with Crippen LogP contribution in [0.3, 0.4) is 0 Å². The molecule has 2 aromatic carbocycles. The maximum Gasteiger partial charge on any atom is 0.148 e. The lowest BCUT2D eigenvalue weighted by Crippen LogP contribution is -2.28. The summed E-state index contributed by atoms with van der Waals surface area (Å²) in [5, 5.41) is 4.42. The van der Waals surface area contributed by atoms with E-state index < -0.39 is 9.84 Å². The van der Waals surface area contributed by atoms with Gasteiger partial charge in [-0.05, 0) is 17.7 Å². The van der Waals surface area contributed by atoms with Gasteiger partial charge in [-0.2, -0.15) is 0 Å². The van der Waals surface area contributed by atoms with Crippen LogP contribution in [0.25, 0.3) is 10.9 Å². The highest BCUT2D eigenvalue weighted by Gasteiger charge is 2.16. The average Bonchev–Trinajstić information content (AvgIpc) is 2.58. The third-order valence-corrected chi connectivity index (χ3v) is 4.82. The standard InChI is InChI=1S/C19H20N2O2S/c1-24(22,23)14-13-20-19(16-8-3-2-4-9-16)18-12-11-15-7-5-6-10-17(15)21-18/h2-12,19-20H,13-14H2,1H3. The van der Waals surface area contributed by atoms with E-state index in [0.29, 0.717) is 6.54 Å². The molecule has 1 aromatic heterocycles. The lowest BCUT2D eigenvalue weighted by Gasteiger charge is -2.19. The molecule has 1 unspecified atom stereocenters. The van der Waals surface area contributed by atoms with Crippen molar-refractivity contribution in [2.75, 3.05) is 18.6 Å². The van der Waals surface area contributed by atoms with E-state index in [1.54, 1.807) is 0 Å². The molecule has 1 heterocycles. The Kier molecular flexibility index (Phi) is 4.92. The van der Waals surface area contributed by atoms with Gasteiger partial charge in [-0.3, -0.25) is 4.98 Å². The van der Waals surface area contributed by atoms with Crippen molar-refractivity contribution in [3.05, 3.63) is 78.0 Å². The molecule has 24 heavy (non-hydrogen) atoms. The molecular weight excluding hydrogens is 320 g/mol. The van der Waals surface area contributed by atoms with Crippen LogP contribution in [0.15, 0.2) is 66.7 Å². The second-order valence-corrected chi connectivity index (χ2v) is 8.12. The van der Waals surface area contributed by atoms with E-state index in [9.17, 15) is 8.42 Å². The zero-order valence-corrected chi connectivity index (χ0v) is 14.3. The van der Waals surface area contributed by atoms with Crippen LogP contribution in [0.1, 0.15) is 17.3 Å². The van der Waals surface area contributed by atoms with Crippen LogP contribution >= 0.6 is 0 Å². The molecule has 124 valence electrons. The molecule has 0 saturated carbocycles.